The quantitative estimate of drug-likeness (QED) is 0.562. The van der Waals surface area contributed by atoms with Crippen molar-refractivity contribution in [3.05, 3.63) is 83.4 Å². The molecule has 30 heavy (non-hydrogen) atoms. The van der Waals surface area contributed by atoms with E-state index in [4.69, 9.17) is 4.74 Å². The van der Waals surface area contributed by atoms with Crippen LogP contribution in [0.4, 0.5) is 18.9 Å². The molecule has 1 aromatic heterocycles. The van der Waals surface area contributed by atoms with E-state index < -0.39 is 12.4 Å². The molecule has 0 aliphatic carbocycles. The standard InChI is InChI=1S/C22H17F3N2O3/c1-13(14-6-8-26-9-7-14)29-16-2-4-18-15(10-16)12-27(21(18)28)20-5-3-17(11-19(20)23)30-22(24)25/h2-11,13,22H,12H2,1H3. The van der Waals surface area contributed by atoms with Gasteiger partial charge in [0.05, 0.1) is 12.2 Å². The van der Waals surface area contributed by atoms with E-state index in [9.17, 15) is 18.0 Å². The van der Waals surface area contributed by atoms with Crippen molar-refractivity contribution in [1.29, 1.82) is 0 Å². The molecular formula is C22H17F3N2O3. The molecule has 2 aromatic carbocycles. The van der Waals surface area contributed by atoms with Crippen molar-refractivity contribution < 1.29 is 27.4 Å². The van der Waals surface area contributed by atoms with Crippen LogP contribution in [-0.2, 0) is 6.54 Å². The second-order valence-electron chi connectivity index (χ2n) is 6.74. The molecule has 1 aliphatic rings. The molecule has 5 nitrogen and oxygen atoms in total. The van der Waals surface area contributed by atoms with E-state index in [1.807, 2.05) is 19.1 Å². The average molecular weight is 414 g/mol. The van der Waals surface area contributed by atoms with Crippen LogP contribution in [0.3, 0.4) is 0 Å². The number of pyridine rings is 1. The van der Waals surface area contributed by atoms with Gasteiger partial charge in [-0.3, -0.25) is 9.78 Å². The van der Waals surface area contributed by atoms with Crippen LogP contribution in [0.1, 0.15) is 34.5 Å². The predicted octanol–water partition coefficient (Wildman–Crippen LogP) is 5.12. The Kier molecular flexibility index (Phi) is 5.31. The highest BCUT2D eigenvalue weighted by Gasteiger charge is 2.31. The van der Waals surface area contributed by atoms with Gasteiger partial charge in [0.15, 0.2) is 5.82 Å². The van der Waals surface area contributed by atoms with Crippen LogP contribution in [-0.4, -0.2) is 17.5 Å². The van der Waals surface area contributed by atoms with E-state index in [0.717, 1.165) is 11.6 Å². The van der Waals surface area contributed by atoms with Gasteiger partial charge in [-0.2, -0.15) is 8.78 Å². The lowest BCUT2D eigenvalue weighted by atomic mass is 10.1. The maximum atomic E-state index is 14.4. The summed E-state index contributed by atoms with van der Waals surface area (Å²) in [4.78, 5) is 18.0. The maximum absolute atomic E-state index is 14.4. The summed E-state index contributed by atoms with van der Waals surface area (Å²) < 4.78 is 49.2. The van der Waals surface area contributed by atoms with Crippen LogP contribution in [0, 0.1) is 5.82 Å². The van der Waals surface area contributed by atoms with Gasteiger partial charge >= 0.3 is 6.61 Å². The van der Waals surface area contributed by atoms with E-state index >= 15 is 0 Å². The number of hydrogen-bond donors (Lipinski definition) is 0. The smallest absolute Gasteiger partial charge is 0.387 e. The van der Waals surface area contributed by atoms with Crippen molar-refractivity contribution in [2.24, 2.45) is 0 Å². The van der Waals surface area contributed by atoms with Gasteiger partial charge in [-0.05, 0) is 60.5 Å². The van der Waals surface area contributed by atoms with Crippen LogP contribution in [0.15, 0.2) is 60.9 Å². The summed E-state index contributed by atoms with van der Waals surface area (Å²) in [5.41, 5.74) is 2.07. The Morgan fingerprint density at radius 3 is 2.40 bits per heavy atom. The van der Waals surface area contributed by atoms with Gasteiger partial charge in [0.25, 0.3) is 5.91 Å². The molecule has 0 fully saturated rings. The monoisotopic (exact) mass is 414 g/mol. The minimum Gasteiger partial charge on any atom is -0.486 e. The first kappa shape index (κ1) is 19.8. The molecule has 2 heterocycles. The van der Waals surface area contributed by atoms with Crippen molar-refractivity contribution in [3.63, 3.8) is 0 Å². The SMILES string of the molecule is CC(Oc1ccc2c(c1)CN(c1ccc(OC(F)F)cc1F)C2=O)c1ccncc1. The number of hydrogen-bond acceptors (Lipinski definition) is 4. The zero-order valence-electron chi connectivity index (χ0n) is 15.9. The van der Waals surface area contributed by atoms with Gasteiger partial charge < -0.3 is 14.4 Å². The molecule has 0 saturated carbocycles. The third kappa shape index (κ3) is 3.94. The summed E-state index contributed by atoms with van der Waals surface area (Å²) in [6.45, 7) is -1.01. The first-order valence-corrected chi connectivity index (χ1v) is 9.18. The van der Waals surface area contributed by atoms with E-state index in [2.05, 4.69) is 9.72 Å². The number of nitrogens with zero attached hydrogens (tertiary/aromatic N) is 2. The second-order valence-corrected chi connectivity index (χ2v) is 6.74. The molecule has 1 aliphatic heterocycles. The number of carbonyl (C=O) groups excluding carboxylic acids is 1. The summed E-state index contributed by atoms with van der Waals surface area (Å²) in [5.74, 6) is -0.928. The Morgan fingerprint density at radius 1 is 1.00 bits per heavy atom. The van der Waals surface area contributed by atoms with E-state index in [1.165, 1.54) is 17.0 Å². The van der Waals surface area contributed by atoms with Gasteiger partial charge in [-0.25, -0.2) is 4.39 Å². The largest absolute Gasteiger partial charge is 0.486 e. The number of anilines is 1. The second kappa shape index (κ2) is 8.06. The molecule has 8 heteroatoms. The number of benzene rings is 2. The third-order valence-corrected chi connectivity index (χ3v) is 4.80. The molecule has 0 N–H and O–H groups in total. The van der Waals surface area contributed by atoms with Gasteiger partial charge in [-0.1, -0.05) is 0 Å². The normalized spacial score (nSPS) is 14.0. The molecular weight excluding hydrogens is 397 g/mol. The van der Waals surface area contributed by atoms with E-state index in [1.54, 1.807) is 30.6 Å². The number of halogens is 3. The maximum Gasteiger partial charge on any atom is 0.387 e. The minimum absolute atomic E-state index is 0.00885. The lowest BCUT2D eigenvalue weighted by Gasteiger charge is -2.17. The highest BCUT2D eigenvalue weighted by atomic mass is 19.3. The van der Waals surface area contributed by atoms with Crippen molar-refractivity contribution >= 4 is 11.6 Å². The topological polar surface area (TPSA) is 51.7 Å². The molecule has 1 atom stereocenters. The molecule has 1 unspecified atom stereocenters. The van der Waals surface area contributed by atoms with Crippen LogP contribution in [0.5, 0.6) is 11.5 Å². The highest BCUT2D eigenvalue weighted by molar-refractivity contribution is 6.10. The van der Waals surface area contributed by atoms with Crippen molar-refractivity contribution in [3.8, 4) is 11.5 Å². The van der Waals surface area contributed by atoms with Gasteiger partial charge in [-0.15, -0.1) is 0 Å². The van der Waals surface area contributed by atoms with Crippen molar-refractivity contribution in [1.82, 2.24) is 4.98 Å². The summed E-state index contributed by atoms with van der Waals surface area (Å²) in [5, 5.41) is 0. The predicted molar refractivity (Wildman–Crippen MR) is 103 cm³/mol. The number of fused-ring (bicyclic) bond motifs is 1. The first-order chi connectivity index (χ1) is 14.4. The molecule has 0 saturated heterocycles. The van der Waals surface area contributed by atoms with E-state index in [0.29, 0.717) is 16.9 Å². The third-order valence-electron chi connectivity index (χ3n) is 4.80. The summed E-state index contributed by atoms with van der Waals surface area (Å²) >= 11 is 0. The number of ether oxygens (including phenoxy) is 2. The molecule has 154 valence electrons. The fourth-order valence-electron chi connectivity index (χ4n) is 3.35. The molecule has 1 amide bonds. The Balaban J connectivity index is 1.53. The molecule has 0 radical (unpaired) electrons. The molecule has 0 bridgehead atoms. The van der Waals surface area contributed by atoms with Crippen LogP contribution in [0.2, 0.25) is 0 Å². The number of aromatic nitrogens is 1. The van der Waals surface area contributed by atoms with Crippen molar-refractivity contribution in [2.45, 2.75) is 26.2 Å². The average Bonchev–Trinajstić information content (AvgIpc) is 3.04. The zero-order valence-corrected chi connectivity index (χ0v) is 15.9. The van der Waals surface area contributed by atoms with Gasteiger partial charge in [0, 0.05) is 24.0 Å². The lowest BCUT2D eigenvalue weighted by Crippen LogP contribution is -2.24. The Hall–Kier alpha value is -3.55. The Labute approximate surface area is 170 Å². The number of rotatable bonds is 6. The number of amides is 1. The molecule has 3 aromatic rings. The fraction of sp³-hybridized carbons (Fsp3) is 0.182. The first-order valence-electron chi connectivity index (χ1n) is 9.18. The summed E-state index contributed by atoms with van der Waals surface area (Å²) in [7, 11) is 0. The Morgan fingerprint density at radius 2 is 1.70 bits per heavy atom. The lowest BCUT2D eigenvalue weighted by molar-refractivity contribution is -0.0499. The molecule has 4 rings (SSSR count). The van der Waals surface area contributed by atoms with Crippen LogP contribution >= 0.6 is 0 Å². The zero-order chi connectivity index (χ0) is 21.3. The fourth-order valence-corrected chi connectivity index (χ4v) is 3.35. The summed E-state index contributed by atoms with van der Waals surface area (Å²) in [6, 6.07) is 12.1. The van der Waals surface area contributed by atoms with E-state index in [-0.39, 0.29) is 30.0 Å². The van der Waals surface area contributed by atoms with Gasteiger partial charge in [0.1, 0.15) is 17.6 Å². The number of alkyl halides is 2. The Bertz CT molecular complexity index is 1080. The van der Waals surface area contributed by atoms with Crippen molar-refractivity contribution in [2.75, 3.05) is 4.90 Å². The number of carbonyl (C=O) groups is 1. The summed E-state index contributed by atoms with van der Waals surface area (Å²) in [6.07, 6.45) is 3.14. The highest BCUT2D eigenvalue weighted by Crippen LogP contribution is 2.34. The van der Waals surface area contributed by atoms with Crippen LogP contribution in [0.25, 0.3) is 0 Å². The molecule has 0 spiro atoms. The minimum atomic E-state index is -3.05. The van der Waals surface area contributed by atoms with Crippen LogP contribution < -0.4 is 14.4 Å². The van der Waals surface area contributed by atoms with Gasteiger partial charge in [0.2, 0.25) is 0 Å².